The van der Waals surface area contributed by atoms with Gasteiger partial charge in [-0.3, -0.25) is 4.79 Å². The number of aromatic hydroxyl groups is 2. The van der Waals surface area contributed by atoms with Gasteiger partial charge >= 0.3 is 3.98 Å². The smallest absolute Gasteiger partial charge is 0.315 e. The first-order valence-corrected chi connectivity index (χ1v) is 7.84. The minimum Gasteiger partial charge on any atom is -0.506 e. The van der Waals surface area contributed by atoms with Crippen LogP contribution in [0, 0.1) is 0 Å². The van der Waals surface area contributed by atoms with Gasteiger partial charge in [-0.25, -0.2) is 4.58 Å². The zero-order valence-corrected chi connectivity index (χ0v) is 12.6. The lowest BCUT2D eigenvalue weighted by Crippen LogP contribution is -2.21. The minimum absolute atomic E-state index is 0.263. The molecule has 0 aliphatic carbocycles. The highest BCUT2D eigenvalue weighted by atomic mass is 32.2. The molecule has 1 aromatic heterocycles. The first kappa shape index (κ1) is 14.8. The van der Waals surface area contributed by atoms with Gasteiger partial charge in [-0.05, 0) is 12.1 Å². The van der Waals surface area contributed by atoms with Crippen LogP contribution in [0.15, 0.2) is 12.1 Å². The van der Waals surface area contributed by atoms with Crippen molar-refractivity contribution in [2.24, 2.45) is 0 Å². The fourth-order valence-electron chi connectivity index (χ4n) is 1.96. The summed E-state index contributed by atoms with van der Waals surface area (Å²) in [7, 11) is 0. The third-order valence-electron chi connectivity index (χ3n) is 2.81. The summed E-state index contributed by atoms with van der Waals surface area (Å²) in [5.41, 5.74) is 0. The van der Waals surface area contributed by atoms with Gasteiger partial charge in [0.05, 0.1) is 9.40 Å². The van der Waals surface area contributed by atoms with Gasteiger partial charge in [-0.2, -0.15) is 0 Å². The van der Waals surface area contributed by atoms with Gasteiger partial charge < -0.3 is 15.3 Å². The fraction of sp³-hybridized carbons (Fsp3) is 0.385. The van der Waals surface area contributed by atoms with E-state index in [1.165, 1.54) is 16.8 Å². The Hall–Kier alpha value is -1.60. The van der Waals surface area contributed by atoms with Gasteiger partial charge in [0.1, 0.15) is 24.6 Å². The molecule has 0 unspecified atom stereocenters. The Morgan fingerprint density at radius 1 is 1.10 bits per heavy atom. The lowest BCUT2D eigenvalue weighted by Gasteiger charge is -1.94. The highest BCUT2D eigenvalue weighted by Crippen LogP contribution is 2.36. The number of carboxylic acid groups (broad SMARTS) is 1. The van der Waals surface area contributed by atoms with Crippen LogP contribution < -0.4 is 8.56 Å². The van der Waals surface area contributed by atoms with E-state index in [2.05, 4.69) is 4.58 Å². The van der Waals surface area contributed by atoms with Crippen LogP contribution in [0.2, 0.25) is 0 Å². The van der Waals surface area contributed by atoms with Crippen molar-refractivity contribution in [3.05, 3.63) is 16.1 Å². The molecule has 2 aromatic rings. The Balaban J connectivity index is 0.000000328. The van der Waals surface area contributed by atoms with Crippen molar-refractivity contribution in [1.82, 2.24) is 4.58 Å². The summed E-state index contributed by atoms with van der Waals surface area (Å²) in [6.07, 6.45) is 2.47. The molecule has 3 N–H and O–H groups in total. The normalized spacial score (nSPS) is 14.2. The van der Waals surface area contributed by atoms with E-state index in [9.17, 15) is 10.2 Å². The van der Waals surface area contributed by atoms with Crippen molar-refractivity contribution in [3.8, 4) is 11.5 Å². The minimum atomic E-state index is -0.833. The molecular formula is C13H16NO4S2+. The van der Waals surface area contributed by atoms with Gasteiger partial charge in [0.15, 0.2) is 0 Å². The van der Waals surface area contributed by atoms with Crippen LogP contribution in [-0.4, -0.2) is 34.4 Å². The molecular weight excluding hydrogens is 298 g/mol. The second-order valence-electron chi connectivity index (χ2n) is 4.45. The summed E-state index contributed by atoms with van der Waals surface area (Å²) >= 11 is 3.14. The van der Waals surface area contributed by atoms with Gasteiger partial charge in [-0.1, -0.05) is 22.7 Å². The van der Waals surface area contributed by atoms with E-state index in [4.69, 9.17) is 9.90 Å². The van der Waals surface area contributed by atoms with Crippen LogP contribution in [0.25, 0.3) is 9.40 Å². The first-order valence-electron chi connectivity index (χ1n) is 6.21. The molecule has 5 nitrogen and oxygen atoms in total. The number of rotatable bonds is 0. The van der Waals surface area contributed by atoms with Gasteiger partial charge in [0.2, 0.25) is 0 Å². The average molecular weight is 314 g/mol. The molecule has 108 valence electrons. The van der Waals surface area contributed by atoms with Gasteiger partial charge in [0, 0.05) is 19.8 Å². The van der Waals surface area contributed by atoms with E-state index in [0.717, 1.165) is 29.4 Å². The summed E-state index contributed by atoms with van der Waals surface area (Å²) in [5, 5.41) is 26.9. The summed E-state index contributed by atoms with van der Waals surface area (Å²) in [5.74, 6) is -0.306. The topological polar surface area (TPSA) is 80.8 Å². The molecule has 1 aliphatic rings. The summed E-state index contributed by atoms with van der Waals surface area (Å²) in [6, 6.07) is 3.10. The average Bonchev–Trinajstić information content (AvgIpc) is 3.01. The van der Waals surface area contributed by atoms with Crippen molar-refractivity contribution in [1.29, 1.82) is 0 Å². The molecule has 0 bridgehead atoms. The molecule has 0 atom stereocenters. The molecule has 2 heterocycles. The van der Waals surface area contributed by atoms with Crippen LogP contribution in [-0.2, 0) is 4.79 Å². The van der Waals surface area contributed by atoms with E-state index < -0.39 is 5.97 Å². The lowest BCUT2D eigenvalue weighted by atomic mass is 10.3. The number of fused-ring (bicyclic) bond motifs is 1. The Morgan fingerprint density at radius 2 is 1.50 bits per heavy atom. The second-order valence-corrected chi connectivity index (χ2v) is 6.70. The van der Waals surface area contributed by atoms with E-state index in [-0.39, 0.29) is 11.5 Å². The number of aliphatic carboxylic acids is 1. The number of hydrogen-bond donors (Lipinski definition) is 3. The number of phenols is 2. The van der Waals surface area contributed by atoms with E-state index in [1.54, 1.807) is 34.8 Å². The fourth-order valence-corrected chi connectivity index (χ4v) is 4.59. The van der Waals surface area contributed by atoms with Crippen molar-refractivity contribution in [2.75, 3.05) is 13.1 Å². The molecule has 1 fully saturated rings. The Kier molecular flexibility index (Phi) is 4.61. The molecule has 20 heavy (non-hydrogen) atoms. The Labute approximate surface area is 123 Å². The summed E-state index contributed by atoms with van der Waals surface area (Å²) in [4.78, 5) is 9.00. The highest BCUT2D eigenvalue weighted by Gasteiger charge is 2.18. The molecule has 0 amide bonds. The van der Waals surface area contributed by atoms with E-state index in [0.29, 0.717) is 0 Å². The monoisotopic (exact) mass is 314 g/mol. The number of benzene rings is 1. The highest BCUT2D eigenvalue weighted by molar-refractivity contribution is 7.36. The molecule has 0 saturated carbocycles. The van der Waals surface area contributed by atoms with E-state index in [1.807, 2.05) is 0 Å². The lowest BCUT2D eigenvalue weighted by molar-refractivity contribution is -0.134. The standard InChI is InChI=1S/C11H11NO2S2.C2H4O2/c13-7-3-4-8(14)10-9(7)15-11(16-10)12-5-1-2-6-12;1-2(3)4/h3-4H,1-2,5-6H2,(H-,13,14);1H3,(H,3,4)/p+1. The summed E-state index contributed by atoms with van der Waals surface area (Å²) in [6.45, 7) is 3.26. The van der Waals surface area contributed by atoms with Gasteiger partial charge in [-0.15, -0.1) is 0 Å². The third-order valence-corrected chi connectivity index (χ3v) is 5.54. The number of carbonyl (C=O) groups is 1. The van der Waals surface area contributed by atoms with Crippen LogP contribution in [0.4, 0.5) is 0 Å². The van der Waals surface area contributed by atoms with Crippen LogP contribution in [0.3, 0.4) is 0 Å². The van der Waals surface area contributed by atoms with E-state index >= 15 is 0 Å². The molecule has 0 radical (unpaired) electrons. The SMILES string of the molecule is CC(=O)O.Oc1ccc(O)c2sc(=[N+]3CCCC3)sc12. The number of carboxylic acids is 1. The maximum absolute atomic E-state index is 9.74. The number of hydrogen-bond acceptors (Lipinski definition) is 5. The predicted molar refractivity (Wildman–Crippen MR) is 80.6 cm³/mol. The van der Waals surface area contributed by atoms with Gasteiger partial charge in [0.25, 0.3) is 5.97 Å². The third kappa shape index (κ3) is 3.29. The Morgan fingerprint density at radius 3 is 1.90 bits per heavy atom. The van der Waals surface area contributed by atoms with Crippen LogP contribution >= 0.6 is 22.7 Å². The largest absolute Gasteiger partial charge is 0.506 e. The van der Waals surface area contributed by atoms with Crippen molar-refractivity contribution in [2.45, 2.75) is 19.8 Å². The molecule has 7 heteroatoms. The van der Waals surface area contributed by atoms with Crippen LogP contribution in [0.1, 0.15) is 19.8 Å². The molecule has 1 aliphatic heterocycles. The first-order chi connectivity index (χ1) is 9.49. The summed E-state index contributed by atoms with van der Waals surface area (Å²) < 4.78 is 5.11. The maximum Gasteiger partial charge on any atom is 0.315 e. The molecule has 1 saturated heterocycles. The van der Waals surface area contributed by atoms with Crippen molar-refractivity contribution >= 4 is 38.0 Å². The van der Waals surface area contributed by atoms with Crippen LogP contribution in [0.5, 0.6) is 11.5 Å². The molecule has 0 spiro atoms. The zero-order chi connectivity index (χ0) is 14.7. The van der Waals surface area contributed by atoms with Crippen molar-refractivity contribution < 1.29 is 20.1 Å². The quantitative estimate of drug-likeness (QED) is 0.513. The molecule has 1 aromatic carbocycles. The van der Waals surface area contributed by atoms with Crippen molar-refractivity contribution in [3.63, 3.8) is 0 Å². The Bertz CT molecular complexity index is 648. The maximum atomic E-state index is 9.74. The molecule has 3 rings (SSSR count). The zero-order valence-electron chi connectivity index (χ0n) is 11.0. The number of phenolic OH excluding ortho intramolecular Hbond substituents is 2. The predicted octanol–water partition coefficient (Wildman–Crippen LogP) is 2.03. The number of nitrogens with zero attached hydrogens (tertiary/aromatic N) is 1. The second kappa shape index (κ2) is 6.23.